The van der Waals surface area contributed by atoms with E-state index < -0.39 is 0 Å². The van der Waals surface area contributed by atoms with Crippen LogP contribution in [0.3, 0.4) is 0 Å². The number of hydrogen-bond donors (Lipinski definition) is 1. The van der Waals surface area contributed by atoms with E-state index in [2.05, 4.69) is 10.4 Å². The van der Waals surface area contributed by atoms with E-state index in [1.165, 1.54) is 18.5 Å². The van der Waals surface area contributed by atoms with Gasteiger partial charge in [0, 0.05) is 19.3 Å². The van der Waals surface area contributed by atoms with E-state index in [1.54, 1.807) is 0 Å². The van der Waals surface area contributed by atoms with Gasteiger partial charge in [-0.25, -0.2) is 0 Å². The highest BCUT2D eigenvalue weighted by Gasteiger charge is 2.17. The van der Waals surface area contributed by atoms with E-state index in [4.69, 9.17) is 4.74 Å². The van der Waals surface area contributed by atoms with E-state index in [0.717, 1.165) is 19.7 Å². The Morgan fingerprint density at radius 1 is 1.71 bits per heavy atom. The SMILES string of the molecule is CNCc1ccnn1CC1CCCO1. The lowest BCUT2D eigenvalue weighted by atomic mass is 10.2. The molecular weight excluding hydrogens is 178 g/mol. The minimum Gasteiger partial charge on any atom is -0.376 e. The van der Waals surface area contributed by atoms with Crippen molar-refractivity contribution in [2.45, 2.75) is 32.0 Å². The molecule has 78 valence electrons. The van der Waals surface area contributed by atoms with Crippen LogP contribution in [0.5, 0.6) is 0 Å². The number of aromatic nitrogens is 2. The highest BCUT2D eigenvalue weighted by molar-refractivity contribution is 5.00. The average Bonchev–Trinajstić information content (AvgIpc) is 2.80. The van der Waals surface area contributed by atoms with Crippen LogP contribution in [0.15, 0.2) is 12.3 Å². The fourth-order valence-electron chi connectivity index (χ4n) is 1.84. The molecule has 2 rings (SSSR count). The fraction of sp³-hybridized carbons (Fsp3) is 0.700. The second kappa shape index (κ2) is 4.57. The van der Waals surface area contributed by atoms with Crippen molar-refractivity contribution in [1.29, 1.82) is 0 Å². The summed E-state index contributed by atoms with van der Waals surface area (Å²) in [5, 5.41) is 7.43. The van der Waals surface area contributed by atoms with Gasteiger partial charge in [0.1, 0.15) is 0 Å². The molecule has 0 bridgehead atoms. The molecule has 1 saturated heterocycles. The monoisotopic (exact) mass is 195 g/mol. The molecule has 0 saturated carbocycles. The van der Waals surface area contributed by atoms with Crippen LogP contribution >= 0.6 is 0 Å². The van der Waals surface area contributed by atoms with Gasteiger partial charge in [-0.3, -0.25) is 4.68 Å². The Bertz CT molecular complexity index is 279. The molecule has 0 spiro atoms. The van der Waals surface area contributed by atoms with Crippen molar-refractivity contribution < 1.29 is 4.74 Å². The van der Waals surface area contributed by atoms with Gasteiger partial charge in [0.2, 0.25) is 0 Å². The first-order chi connectivity index (χ1) is 6.90. The van der Waals surface area contributed by atoms with Crippen molar-refractivity contribution in [3.05, 3.63) is 18.0 Å². The lowest BCUT2D eigenvalue weighted by molar-refractivity contribution is 0.0931. The van der Waals surface area contributed by atoms with Gasteiger partial charge in [0.15, 0.2) is 0 Å². The zero-order valence-corrected chi connectivity index (χ0v) is 8.57. The van der Waals surface area contributed by atoms with Crippen LogP contribution in [0.25, 0.3) is 0 Å². The van der Waals surface area contributed by atoms with Crippen molar-refractivity contribution in [1.82, 2.24) is 15.1 Å². The van der Waals surface area contributed by atoms with Gasteiger partial charge in [-0.05, 0) is 26.0 Å². The first kappa shape index (κ1) is 9.68. The van der Waals surface area contributed by atoms with Crippen LogP contribution in [-0.4, -0.2) is 29.5 Å². The minimum absolute atomic E-state index is 0.366. The number of ether oxygens (including phenoxy) is 1. The van der Waals surface area contributed by atoms with Crippen molar-refractivity contribution in [2.24, 2.45) is 0 Å². The third-order valence-corrected chi connectivity index (χ3v) is 2.56. The highest BCUT2D eigenvalue weighted by atomic mass is 16.5. The second-order valence-corrected chi connectivity index (χ2v) is 3.67. The molecule has 0 radical (unpaired) electrons. The molecule has 1 fully saturated rings. The molecular formula is C10H17N3O. The molecule has 1 aliphatic rings. The minimum atomic E-state index is 0.366. The average molecular weight is 195 g/mol. The molecule has 14 heavy (non-hydrogen) atoms. The molecule has 1 N–H and O–H groups in total. The molecule has 4 nitrogen and oxygen atoms in total. The molecule has 1 atom stereocenters. The summed E-state index contributed by atoms with van der Waals surface area (Å²) in [6, 6.07) is 2.05. The molecule has 1 aromatic heterocycles. The van der Waals surface area contributed by atoms with E-state index >= 15 is 0 Å². The van der Waals surface area contributed by atoms with Gasteiger partial charge >= 0.3 is 0 Å². The van der Waals surface area contributed by atoms with Crippen LogP contribution in [0.1, 0.15) is 18.5 Å². The summed E-state index contributed by atoms with van der Waals surface area (Å²) in [6.07, 6.45) is 4.57. The summed E-state index contributed by atoms with van der Waals surface area (Å²) >= 11 is 0. The second-order valence-electron chi connectivity index (χ2n) is 3.67. The van der Waals surface area contributed by atoms with Gasteiger partial charge in [-0.2, -0.15) is 5.10 Å². The topological polar surface area (TPSA) is 39.1 Å². The predicted molar refractivity (Wildman–Crippen MR) is 54.0 cm³/mol. The molecule has 1 unspecified atom stereocenters. The Hall–Kier alpha value is -0.870. The lowest BCUT2D eigenvalue weighted by Gasteiger charge is -2.12. The first-order valence-electron chi connectivity index (χ1n) is 5.17. The molecule has 1 aromatic rings. The van der Waals surface area contributed by atoms with Crippen molar-refractivity contribution in [3.8, 4) is 0 Å². The summed E-state index contributed by atoms with van der Waals surface area (Å²) in [4.78, 5) is 0. The maximum absolute atomic E-state index is 5.58. The molecule has 0 amide bonds. The van der Waals surface area contributed by atoms with Crippen molar-refractivity contribution in [2.75, 3.05) is 13.7 Å². The number of hydrogen-bond acceptors (Lipinski definition) is 3. The lowest BCUT2D eigenvalue weighted by Crippen LogP contribution is -2.19. The van der Waals surface area contributed by atoms with Gasteiger partial charge in [-0.15, -0.1) is 0 Å². The summed E-state index contributed by atoms with van der Waals surface area (Å²) in [5.74, 6) is 0. The zero-order valence-electron chi connectivity index (χ0n) is 8.57. The molecule has 2 heterocycles. The molecule has 0 aromatic carbocycles. The van der Waals surface area contributed by atoms with Crippen LogP contribution in [0, 0.1) is 0 Å². The van der Waals surface area contributed by atoms with E-state index in [9.17, 15) is 0 Å². The normalized spacial score (nSPS) is 21.6. The molecule has 0 aliphatic carbocycles. The first-order valence-corrected chi connectivity index (χ1v) is 5.17. The summed E-state index contributed by atoms with van der Waals surface area (Å²) < 4.78 is 7.61. The quantitative estimate of drug-likeness (QED) is 0.771. The van der Waals surface area contributed by atoms with Crippen LogP contribution in [0.4, 0.5) is 0 Å². The predicted octanol–water partition coefficient (Wildman–Crippen LogP) is 0.781. The standard InChI is InChI=1S/C10H17N3O/c1-11-7-9-4-5-12-13(9)8-10-3-2-6-14-10/h4-5,10-11H,2-3,6-8H2,1H3. The van der Waals surface area contributed by atoms with Crippen LogP contribution in [-0.2, 0) is 17.8 Å². The summed E-state index contributed by atoms with van der Waals surface area (Å²) in [6.45, 7) is 2.67. The molecule has 4 heteroatoms. The van der Waals surface area contributed by atoms with Crippen molar-refractivity contribution >= 4 is 0 Å². The third-order valence-electron chi connectivity index (χ3n) is 2.56. The van der Waals surface area contributed by atoms with Crippen LogP contribution < -0.4 is 5.32 Å². The Morgan fingerprint density at radius 3 is 3.36 bits per heavy atom. The van der Waals surface area contributed by atoms with E-state index in [-0.39, 0.29) is 0 Å². The Balaban J connectivity index is 1.96. The Kier molecular flexibility index (Phi) is 3.16. The van der Waals surface area contributed by atoms with E-state index in [0.29, 0.717) is 6.10 Å². The smallest absolute Gasteiger partial charge is 0.0771 e. The van der Waals surface area contributed by atoms with Gasteiger partial charge in [-0.1, -0.05) is 0 Å². The van der Waals surface area contributed by atoms with Gasteiger partial charge in [0.05, 0.1) is 18.3 Å². The maximum atomic E-state index is 5.58. The van der Waals surface area contributed by atoms with Gasteiger partial charge in [0.25, 0.3) is 0 Å². The van der Waals surface area contributed by atoms with Crippen LogP contribution in [0.2, 0.25) is 0 Å². The van der Waals surface area contributed by atoms with E-state index in [1.807, 2.05) is 24.0 Å². The number of nitrogens with zero attached hydrogens (tertiary/aromatic N) is 2. The van der Waals surface area contributed by atoms with Gasteiger partial charge < -0.3 is 10.1 Å². The third kappa shape index (κ3) is 2.13. The Morgan fingerprint density at radius 2 is 2.64 bits per heavy atom. The zero-order chi connectivity index (χ0) is 9.80. The maximum Gasteiger partial charge on any atom is 0.0771 e. The largest absolute Gasteiger partial charge is 0.376 e. The highest BCUT2D eigenvalue weighted by Crippen LogP contribution is 2.14. The summed E-state index contributed by atoms with van der Waals surface area (Å²) in [5.41, 5.74) is 1.23. The van der Waals surface area contributed by atoms with Crippen molar-refractivity contribution in [3.63, 3.8) is 0 Å². The summed E-state index contributed by atoms with van der Waals surface area (Å²) in [7, 11) is 1.95. The molecule has 1 aliphatic heterocycles. The Labute approximate surface area is 84.3 Å². The number of nitrogens with one attached hydrogen (secondary N) is 1. The fourth-order valence-corrected chi connectivity index (χ4v) is 1.84. The number of rotatable bonds is 4.